The lowest BCUT2D eigenvalue weighted by Crippen LogP contribution is -1.83. The van der Waals surface area contributed by atoms with E-state index in [0.717, 1.165) is 16.8 Å². The molecule has 0 fully saturated rings. The molecule has 0 aliphatic rings. The predicted octanol–water partition coefficient (Wildman–Crippen LogP) is 5.01. The summed E-state index contributed by atoms with van der Waals surface area (Å²) >= 11 is 1.40. The predicted molar refractivity (Wildman–Crippen MR) is 87.4 cm³/mol. The van der Waals surface area contributed by atoms with E-state index in [1.165, 1.54) is 23.5 Å². The minimum absolute atomic E-state index is 0.277. The Balaban J connectivity index is 1.94. The van der Waals surface area contributed by atoms with E-state index in [-0.39, 0.29) is 5.82 Å². The van der Waals surface area contributed by atoms with Gasteiger partial charge in [-0.2, -0.15) is 5.26 Å². The Labute approximate surface area is 131 Å². The highest BCUT2D eigenvalue weighted by molar-refractivity contribution is 7.11. The van der Waals surface area contributed by atoms with Crippen LogP contribution in [0.15, 0.2) is 60.0 Å². The molecule has 0 radical (unpaired) electrons. The molecule has 0 atom stereocenters. The molecular weight excluding hydrogens is 295 g/mol. The van der Waals surface area contributed by atoms with Crippen molar-refractivity contribution >= 4 is 23.0 Å². The van der Waals surface area contributed by atoms with Gasteiger partial charge in [0, 0.05) is 10.9 Å². The van der Waals surface area contributed by atoms with Crippen molar-refractivity contribution in [1.29, 1.82) is 5.26 Å². The molecular formula is C18H11FN2S. The summed E-state index contributed by atoms with van der Waals surface area (Å²) in [7, 11) is 0. The number of thiazole rings is 1. The number of hydrogen-bond donors (Lipinski definition) is 0. The molecule has 1 aromatic heterocycles. The fourth-order valence-electron chi connectivity index (χ4n) is 2.01. The SMILES string of the molecule is N#C/C(=C/c1ccccc1)c1nc(-c2ccc(F)cc2)cs1. The van der Waals surface area contributed by atoms with Crippen LogP contribution in [0.4, 0.5) is 4.39 Å². The summed E-state index contributed by atoms with van der Waals surface area (Å²) in [6, 6.07) is 18.0. The van der Waals surface area contributed by atoms with Gasteiger partial charge >= 0.3 is 0 Å². The van der Waals surface area contributed by atoms with E-state index in [0.29, 0.717) is 10.6 Å². The zero-order valence-corrected chi connectivity index (χ0v) is 12.3. The fraction of sp³-hybridized carbons (Fsp3) is 0. The van der Waals surface area contributed by atoms with Gasteiger partial charge in [-0.1, -0.05) is 30.3 Å². The molecule has 2 aromatic carbocycles. The quantitative estimate of drug-likeness (QED) is 0.637. The highest BCUT2D eigenvalue weighted by atomic mass is 32.1. The molecule has 0 bridgehead atoms. The van der Waals surface area contributed by atoms with E-state index in [1.807, 2.05) is 41.8 Å². The van der Waals surface area contributed by atoms with Crippen molar-refractivity contribution in [3.63, 3.8) is 0 Å². The summed E-state index contributed by atoms with van der Waals surface area (Å²) in [5, 5.41) is 11.9. The third-order valence-corrected chi connectivity index (χ3v) is 3.98. The van der Waals surface area contributed by atoms with Crippen LogP contribution in [0, 0.1) is 17.1 Å². The average molecular weight is 306 g/mol. The first-order valence-corrected chi connectivity index (χ1v) is 7.53. The molecule has 22 heavy (non-hydrogen) atoms. The van der Waals surface area contributed by atoms with Gasteiger partial charge in [0.15, 0.2) is 0 Å². The highest BCUT2D eigenvalue weighted by Gasteiger charge is 2.09. The molecule has 4 heteroatoms. The molecule has 0 aliphatic heterocycles. The van der Waals surface area contributed by atoms with Gasteiger partial charge in [-0.15, -0.1) is 11.3 Å². The van der Waals surface area contributed by atoms with E-state index in [1.54, 1.807) is 12.1 Å². The normalized spacial score (nSPS) is 11.2. The second kappa shape index (κ2) is 6.33. The average Bonchev–Trinajstić information content (AvgIpc) is 3.04. The van der Waals surface area contributed by atoms with Crippen molar-refractivity contribution in [2.75, 3.05) is 0 Å². The largest absolute Gasteiger partial charge is 0.235 e. The zero-order chi connectivity index (χ0) is 15.4. The highest BCUT2D eigenvalue weighted by Crippen LogP contribution is 2.27. The van der Waals surface area contributed by atoms with Crippen LogP contribution in [0.25, 0.3) is 22.9 Å². The number of halogens is 1. The summed E-state index contributed by atoms with van der Waals surface area (Å²) < 4.78 is 13.0. The maximum Gasteiger partial charge on any atom is 0.134 e. The maximum absolute atomic E-state index is 13.0. The van der Waals surface area contributed by atoms with Gasteiger partial charge < -0.3 is 0 Å². The van der Waals surface area contributed by atoms with Crippen molar-refractivity contribution in [1.82, 2.24) is 4.98 Å². The molecule has 0 unspecified atom stereocenters. The molecule has 0 spiro atoms. The number of nitriles is 1. The first-order valence-electron chi connectivity index (χ1n) is 6.65. The first kappa shape index (κ1) is 14.2. The van der Waals surface area contributed by atoms with Gasteiger partial charge in [-0.25, -0.2) is 9.37 Å². The third kappa shape index (κ3) is 3.11. The van der Waals surface area contributed by atoms with Crippen LogP contribution in [0.1, 0.15) is 10.6 Å². The molecule has 0 saturated heterocycles. The Kier molecular flexibility index (Phi) is 4.08. The lowest BCUT2D eigenvalue weighted by Gasteiger charge is -1.96. The maximum atomic E-state index is 13.0. The summed E-state index contributed by atoms with van der Waals surface area (Å²) in [6.07, 6.45) is 1.81. The van der Waals surface area contributed by atoms with Gasteiger partial charge in [0.25, 0.3) is 0 Å². The number of hydrogen-bond acceptors (Lipinski definition) is 3. The second-order valence-corrected chi connectivity index (χ2v) is 5.48. The Morgan fingerprint density at radius 1 is 1.09 bits per heavy atom. The van der Waals surface area contributed by atoms with Gasteiger partial charge in [0.1, 0.15) is 16.9 Å². The van der Waals surface area contributed by atoms with Crippen LogP contribution in [0.5, 0.6) is 0 Å². The van der Waals surface area contributed by atoms with Crippen molar-refractivity contribution in [3.05, 3.63) is 76.4 Å². The van der Waals surface area contributed by atoms with E-state index >= 15 is 0 Å². The summed E-state index contributed by atoms with van der Waals surface area (Å²) in [4.78, 5) is 4.48. The first-order chi connectivity index (χ1) is 10.8. The van der Waals surface area contributed by atoms with E-state index in [2.05, 4.69) is 11.1 Å². The molecule has 0 aliphatic carbocycles. The molecule has 1 heterocycles. The minimum atomic E-state index is -0.277. The number of benzene rings is 2. The lowest BCUT2D eigenvalue weighted by molar-refractivity contribution is 0.628. The van der Waals surface area contributed by atoms with Gasteiger partial charge in [-0.3, -0.25) is 0 Å². The molecule has 0 N–H and O–H groups in total. The third-order valence-electron chi connectivity index (χ3n) is 3.11. The van der Waals surface area contributed by atoms with Crippen LogP contribution >= 0.6 is 11.3 Å². The van der Waals surface area contributed by atoms with Crippen LogP contribution in [0.3, 0.4) is 0 Å². The molecule has 0 saturated carbocycles. The van der Waals surface area contributed by atoms with E-state index in [4.69, 9.17) is 0 Å². The van der Waals surface area contributed by atoms with Crippen molar-refractivity contribution in [3.8, 4) is 17.3 Å². The topological polar surface area (TPSA) is 36.7 Å². The van der Waals surface area contributed by atoms with Crippen molar-refractivity contribution < 1.29 is 4.39 Å². The smallest absolute Gasteiger partial charge is 0.134 e. The Morgan fingerprint density at radius 3 is 2.50 bits per heavy atom. The monoisotopic (exact) mass is 306 g/mol. The number of allylic oxidation sites excluding steroid dienone is 1. The van der Waals surface area contributed by atoms with E-state index in [9.17, 15) is 9.65 Å². The Bertz CT molecular complexity index is 843. The fourth-order valence-corrected chi connectivity index (χ4v) is 2.80. The molecule has 3 aromatic rings. The number of rotatable bonds is 3. The number of aromatic nitrogens is 1. The standard InChI is InChI=1S/C18H11FN2S/c19-16-8-6-14(7-9-16)17-12-22-18(21-17)15(11-20)10-13-4-2-1-3-5-13/h1-10,12H/b15-10-. The van der Waals surface area contributed by atoms with E-state index < -0.39 is 0 Å². The van der Waals surface area contributed by atoms with Gasteiger partial charge in [-0.05, 0) is 35.9 Å². The van der Waals surface area contributed by atoms with Crippen LogP contribution in [-0.4, -0.2) is 4.98 Å². The summed E-state index contributed by atoms with van der Waals surface area (Å²) in [5.41, 5.74) is 3.05. The lowest BCUT2D eigenvalue weighted by atomic mass is 10.1. The zero-order valence-electron chi connectivity index (χ0n) is 11.5. The van der Waals surface area contributed by atoms with Crippen molar-refractivity contribution in [2.24, 2.45) is 0 Å². The Hall–Kier alpha value is -2.77. The summed E-state index contributed by atoms with van der Waals surface area (Å²) in [5.74, 6) is -0.277. The van der Waals surface area contributed by atoms with Gasteiger partial charge in [0.05, 0.1) is 11.3 Å². The summed E-state index contributed by atoms with van der Waals surface area (Å²) in [6.45, 7) is 0. The minimum Gasteiger partial charge on any atom is -0.235 e. The molecule has 2 nitrogen and oxygen atoms in total. The van der Waals surface area contributed by atoms with Crippen molar-refractivity contribution in [2.45, 2.75) is 0 Å². The molecule has 3 rings (SSSR count). The number of nitrogens with zero attached hydrogens (tertiary/aromatic N) is 2. The van der Waals surface area contributed by atoms with Crippen LogP contribution < -0.4 is 0 Å². The van der Waals surface area contributed by atoms with Crippen LogP contribution in [0.2, 0.25) is 0 Å². The second-order valence-electron chi connectivity index (χ2n) is 4.63. The molecule has 0 amide bonds. The Morgan fingerprint density at radius 2 is 1.82 bits per heavy atom. The van der Waals surface area contributed by atoms with Crippen LogP contribution in [-0.2, 0) is 0 Å². The molecule has 106 valence electrons. The van der Waals surface area contributed by atoms with Gasteiger partial charge in [0.2, 0.25) is 0 Å².